The van der Waals surface area contributed by atoms with Crippen molar-refractivity contribution in [3.05, 3.63) is 0 Å². The summed E-state index contributed by atoms with van der Waals surface area (Å²) in [5.74, 6) is -1.48. The molecule has 0 aliphatic heterocycles. The Morgan fingerprint density at radius 3 is 2.60 bits per heavy atom. The zero-order valence-electron chi connectivity index (χ0n) is 9.19. The van der Waals surface area contributed by atoms with Crippen molar-refractivity contribution in [2.24, 2.45) is 5.73 Å². The lowest BCUT2D eigenvalue weighted by molar-refractivity contribution is -0.139. The SMILES string of the molecule is CCN(C)CCNC(=O)C(N)CC(=O)O. The van der Waals surface area contributed by atoms with Crippen LogP contribution in [0.3, 0.4) is 0 Å². The summed E-state index contributed by atoms with van der Waals surface area (Å²) < 4.78 is 0. The molecule has 0 saturated heterocycles. The fourth-order valence-corrected chi connectivity index (χ4v) is 0.940. The van der Waals surface area contributed by atoms with Gasteiger partial charge in [-0.05, 0) is 13.6 Å². The molecule has 4 N–H and O–H groups in total. The minimum absolute atomic E-state index is 0.338. The first-order valence-electron chi connectivity index (χ1n) is 4.91. The van der Waals surface area contributed by atoms with Crippen LogP contribution in [-0.4, -0.2) is 54.6 Å². The molecule has 0 aliphatic carbocycles. The van der Waals surface area contributed by atoms with Crippen LogP contribution < -0.4 is 11.1 Å². The van der Waals surface area contributed by atoms with Gasteiger partial charge in [0.15, 0.2) is 0 Å². The second kappa shape index (κ2) is 7.19. The Balaban J connectivity index is 3.69. The van der Waals surface area contributed by atoms with Gasteiger partial charge in [0, 0.05) is 13.1 Å². The maximum absolute atomic E-state index is 11.2. The molecule has 1 atom stereocenters. The highest BCUT2D eigenvalue weighted by atomic mass is 16.4. The molecule has 6 nitrogen and oxygen atoms in total. The van der Waals surface area contributed by atoms with Gasteiger partial charge in [0.05, 0.1) is 12.5 Å². The minimum atomic E-state index is -1.07. The molecule has 0 spiro atoms. The second-order valence-corrected chi connectivity index (χ2v) is 3.39. The number of amides is 1. The standard InChI is InChI=1S/C9H19N3O3/c1-3-12(2)5-4-11-9(15)7(10)6-8(13)14/h7H,3-6,10H2,1-2H3,(H,11,15)(H,13,14). The molecule has 88 valence electrons. The molecule has 1 unspecified atom stereocenters. The first kappa shape index (κ1) is 13.9. The maximum Gasteiger partial charge on any atom is 0.305 e. The average molecular weight is 217 g/mol. The van der Waals surface area contributed by atoms with Crippen LogP contribution in [-0.2, 0) is 9.59 Å². The zero-order valence-corrected chi connectivity index (χ0v) is 9.19. The van der Waals surface area contributed by atoms with Crippen molar-refractivity contribution < 1.29 is 14.7 Å². The Hall–Kier alpha value is -1.14. The molecule has 0 aromatic rings. The quantitative estimate of drug-likeness (QED) is 0.501. The molecule has 0 aromatic carbocycles. The largest absolute Gasteiger partial charge is 0.481 e. The van der Waals surface area contributed by atoms with Gasteiger partial charge in [-0.25, -0.2) is 0 Å². The number of aliphatic carboxylic acids is 1. The topological polar surface area (TPSA) is 95.7 Å². The lowest BCUT2D eigenvalue weighted by Gasteiger charge is -2.15. The van der Waals surface area contributed by atoms with E-state index < -0.39 is 17.9 Å². The molecule has 0 bridgehead atoms. The van der Waals surface area contributed by atoms with Crippen LogP contribution in [0.25, 0.3) is 0 Å². The fourth-order valence-electron chi connectivity index (χ4n) is 0.940. The number of carboxylic acid groups (broad SMARTS) is 1. The van der Waals surface area contributed by atoms with Gasteiger partial charge in [-0.15, -0.1) is 0 Å². The van der Waals surface area contributed by atoms with Gasteiger partial charge >= 0.3 is 5.97 Å². The summed E-state index contributed by atoms with van der Waals surface area (Å²) >= 11 is 0. The molecule has 0 aliphatic rings. The Bertz CT molecular complexity index is 221. The van der Waals surface area contributed by atoms with Crippen LogP contribution in [0.5, 0.6) is 0 Å². The van der Waals surface area contributed by atoms with Crippen molar-refractivity contribution in [3.63, 3.8) is 0 Å². The Morgan fingerprint density at radius 1 is 1.53 bits per heavy atom. The summed E-state index contributed by atoms with van der Waals surface area (Å²) in [6.45, 7) is 4.12. The second-order valence-electron chi connectivity index (χ2n) is 3.39. The first-order chi connectivity index (χ1) is 6.97. The predicted molar refractivity (Wildman–Crippen MR) is 56.4 cm³/mol. The van der Waals surface area contributed by atoms with E-state index in [4.69, 9.17) is 10.8 Å². The summed E-state index contributed by atoms with van der Waals surface area (Å²) in [4.78, 5) is 23.5. The third-order valence-electron chi connectivity index (χ3n) is 2.06. The van der Waals surface area contributed by atoms with Crippen LogP contribution in [0, 0.1) is 0 Å². The molecule has 0 aromatic heterocycles. The number of nitrogens with two attached hydrogens (primary N) is 1. The molecule has 0 fully saturated rings. The number of carboxylic acids is 1. The summed E-state index contributed by atoms with van der Waals surface area (Å²) in [7, 11) is 1.93. The number of likely N-dealkylation sites (N-methyl/N-ethyl adjacent to an activating group) is 1. The van der Waals surface area contributed by atoms with E-state index in [2.05, 4.69) is 5.32 Å². The number of carbonyl (C=O) groups is 2. The van der Waals surface area contributed by atoms with E-state index in [1.807, 2.05) is 18.9 Å². The van der Waals surface area contributed by atoms with E-state index in [-0.39, 0.29) is 6.42 Å². The van der Waals surface area contributed by atoms with Gasteiger partial charge in [-0.1, -0.05) is 6.92 Å². The number of hydrogen-bond donors (Lipinski definition) is 3. The van der Waals surface area contributed by atoms with Gasteiger partial charge < -0.3 is 21.1 Å². The maximum atomic E-state index is 11.2. The fraction of sp³-hybridized carbons (Fsp3) is 0.778. The van der Waals surface area contributed by atoms with Crippen LogP contribution in [0.2, 0.25) is 0 Å². The first-order valence-corrected chi connectivity index (χ1v) is 4.91. The smallest absolute Gasteiger partial charge is 0.305 e. The summed E-state index contributed by atoms with van der Waals surface area (Å²) in [5.41, 5.74) is 5.36. The number of hydrogen-bond acceptors (Lipinski definition) is 4. The summed E-state index contributed by atoms with van der Waals surface area (Å²) in [5, 5.41) is 11.0. The third-order valence-corrected chi connectivity index (χ3v) is 2.06. The lowest BCUT2D eigenvalue weighted by Crippen LogP contribution is -2.44. The van der Waals surface area contributed by atoms with Crippen molar-refractivity contribution in [1.82, 2.24) is 10.2 Å². The number of nitrogens with one attached hydrogen (secondary N) is 1. The van der Waals surface area contributed by atoms with Crippen LogP contribution in [0.1, 0.15) is 13.3 Å². The molecular weight excluding hydrogens is 198 g/mol. The average Bonchev–Trinajstić information content (AvgIpc) is 2.16. The molecule has 0 radical (unpaired) electrons. The number of carbonyl (C=O) groups excluding carboxylic acids is 1. The predicted octanol–water partition coefficient (Wildman–Crippen LogP) is -1.14. The normalized spacial score (nSPS) is 12.5. The Morgan fingerprint density at radius 2 is 2.13 bits per heavy atom. The summed E-state index contributed by atoms with van der Waals surface area (Å²) in [6.07, 6.45) is -0.338. The van der Waals surface area contributed by atoms with Gasteiger partial charge in [0.2, 0.25) is 5.91 Å². The van der Waals surface area contributed by atoms with Crippen molar-refractivity contribution in [3.8, 4) is 0 Å². The minimum Gasteiger partial charge on any atom is -0.481 e. The van der Waals surface area contributed by atoms with Crippen LogP contribution >= 0.6 is 0 Å². The number of nitrogens with zero attached hydrogens (tertiary/aromatic N) is 1. The third kappa shape index (κ3) is 6.87. The Labute approximate surface area is 89.4 Å². The molecule has 0 saturated carbocycles. The van der Waals surface area contributed by atoms with E-state index in [9.17, 15) is 9.59 Å². The van der Waals surface area contributed by atoms with Gasteiger partial charge in [0.1, 0.15) is 0 Å². The van der Waals surface area contributed by atoms with E-state index in [1.165, 1.54) is 0 Å². The molecule has 0 rings (SSSR count). The van der Waals surface area contributed by atoms with Crippen LogP contribution in [0.4, 0.5) is 0 Å². The number of rotatable bonds is 7. The van der Waals surface area contributed by atoms with Gasteiger partial charge in [-0.2, -0.15) is 0 Å². The Kier molecular flexibility index (Phi) is 6.64. The molecule has 6 heteroatoms. The van der Waals surface area contributed by atoms with E-state index in [0.717, 1.165) is 13.1 Å². The van der Waals surface area contributed by atoms with Crippen molar-refractivity contribution in [2.75, 3.05) is 26.7 Å². The van der Waals surface area contributed by atoms with Crippen molar-refractivity contribution in [1.29, 1.82) is 0 Å². The van der Waals surface area contributed by atoms with Crippen molar-refractivity contribution >= 4 is 11.9 Å². The van der Waals surface area contributed by atoms with Gasteiger partial charge in [-0.3, -0.25) is 9.59 Å². The monoisotopic (exact) mass is 217 g/mol. The van der Waals surface area contributed by atoms with E-state index in [1.54, 1.807) is 0 Å². The summed E-state index contributed by atoms with van der Waals surface area (Å²) in [6, 6.07) is -0.963. The molecule has 0 heterocycles. The highest BCUT2D eigenvalue weighted by molar-refractivity contribution is 5.85. The molecule has 1 amide bonds. The molecular formula is C9H19N3O3. The van der Waals surface area contributed by atoms with Crippen LogP contribution in [0.15, 0.2) is 0 Å². The highest BCUT2D eigenvalue weighted by Gasteiger charge is 2.16. The lowest BCUT2D eigenvalue weighted by atomic mass is 10.2. The van der Waals surface area contributed by atoms with Gasteiger partial charge in [0.25, 0.3) is 0 Å². The zero-order chi connectivity index (χ0) is 11.8. The highest BCUT2D eigenvalue weighted by Crippen LogP contribution is 1.88. The van der Waals surface area contributed by atoms with E-state index in [0.29, 0.717) is 6.54 Å². The molecule has 15 heavy (non-hydrogen) atoms. The van der Waals surface area contributed by atoms with E-state index >= 15 is 0 Å². The van der Waals surface area contributed by atoms with Crippen molar-refractivity contribution in [2.45, 2.75) is 19.4 Å².